The molecule has 0 aromatic carbocycles. The van der Waals surface area contributed by atoms with Crippen LogP contribution in [0.15, 0.2) is 0 Å². The molecule has 0 bridgehead atoms. The lowest BCUT2D eigenvalue weighted by atomic mass is 9.84. The van der Waals surface area contributed by atoms with Crippen LogP contribution in [0.5, 0.6) is 0 Å². The van der Waals surface area contributed by atoms with Crippen LogP contribution < -0.4 is 10.6 Å². The van der Waals surface area contributed by atoms with E-state index in [2.05, 4.69) is 10.6 Å². The van der Waals surface area contributed by atoms with Gasteiger partial charge in [-0.1, -0.05) is 13.8 Å². The lowest BCUT2D eigenvalue weighted by molar-refractivity contribution is -0.137. The molecule has 1 aliphatic heterocycles. The molecule has 0 spiro atoms. The van der Waals surface area contributed by atoms with Crippen molar-refractivity contribution in [2.24, 2.45) is 11.3 Å². The van der Waals surface area contributed by atoms with Crippen molar-refractivity contribution in [3.8, 4) is 0 Å². The molecule has 5 nitrogen and oxygen atoms in total. The monoisotopic (exact) mass is 256 g/mol. The largest absolute Gasteiger partial charge is 0.481 e. The first-order valence-electron chi connectivity index (χ1n) is 6.61. The van der Waals surface area contributed by atoms with Gasteiger partial charge in [-0.25, -0.2) is 0 Å². The highest BCUT2D eigenvalue weighted by molar-refractivity contribution is 5.79. The van der Waals surface area contributed by atoms with Crippen molar-refractivity contribution in [1.29, 1.82) is 0 Å². The summed E-state index contributed by atoms with van der Waals surface area (Å²) in [5, 5.41) is 14.8. The van der Waals surface area contributed by atoms with E-state index >= 15 is 0 Å². The lowest BCUT2D eigenvalue weighted by Crippen LogP contribution is -2.34. The second-order valence-corrected chi connectivity index (χ2v) is 5.79. The number of carbonyl (C=O) groups excluding carboxylic acids is 1. The summed E-state index contributed by atoms with van der Waals surface area (Å²) in [6.45, 7) is 6.40. The number of nitrogens with one attached hydrogen (secondary N) is 2. The molecule has 5 heteroatoms. The third-order valence-electron chi connectivity index (χ3n) is 3.55. The molecular formula is C13H24N2O3. The second-order valence-electron chi connectivity index (χ2n) is 5.79. The molecule has 18 heavy (non-hydrogen) atoms. The number of carboxylic acid groups (broad SMARTS) is 1. The fourth-order valence-corrected chi connectivity index (χ4v) is 2.12. The Morgan fingerprint density at radius 3 is 2.67 bits per heavy atom. The fraction of sp³-hybridized carbons (Fsp3) is 0.846. The highest BCUT2D eigenvalue weighted by Crippen LogP contribution is 2.26. The Balaban J connectivity index is 2.19. The van der Waals surface area contributed by atoms with Gasteiger partial charge in [-0.05, 0) is 31.2 Å². The number of carbonyl (C=O) groups is 2. The maximum atomic E-state index is 11.8. The molecule has 1 aliphatic rings. The minimum Gasteiger partial charge on any atom is -0.481 e. The number of rotatable bonds is 7. The smallest absolute Gasteiger partial charge is 0.303 e. The zero-order valence-electron chi connectivity index (χ0n) is 11.3. The van der Waals surface area contributed by atoms with Gasteiger partial charge in [0.2, 0.25) is 5.91 Å². The van der Waals surface area contributed by atoms with Gasteiger partial charge in [0.05, 0.1) is 5.92 Å². The average Bonchev–Trinajstić information content (AvgIpc) is 2.79. The van der Waals surface area contributed by atoms with Gasteiger partial charge >= 0.3 is 5.97 Å². The molecule has 0 radical (unpaired) electrons. The quantitative estimate of drug-likeness (QED) is 0.635. The van der Waals surface area contributed by atoms with Crippen molar-refractivity contribution >= 4 is 11.9 Å². The molecule has 1 amide bonds. The Hall–Kier alpha value is -1.10. The van der Waals surface area contributed by atoms with E-state index < -0.39 is 5.97 Å². The number of aliphatic carboxylic acids is 1. The lowest BCUT2D eigenvalue weighted by Gasteiger charge is -2.24. The molecule has 0 saturated carbocycles. The highest BCUT2D eigenvalue weighted by Gasteiger charge is 2.23. The van der Waals surface area contributed by atoms with Crippen LogP contribution in [0.1, 0.15) is 39.5 Å². The van der Waals surface area contributed by atoms with Crippen LogP contribution >= 0.6 is 0 Å². The van der Waals surface area contributed by atoms with Gasteiger partial charge in [-0.15, -0.1) is 0 Å². The standard InChI is InChI=1S/C13H24N2O3/c1-13(2,5-3-11(16)17)6-8-15-12(18)10-4-7-14-9-10/h10,14H,3-9H2,1-2H3,(H,15,18)(H,16,17). The van der Waals surface area contributed by atoms with E-state index in [0.717, 1.165) is 25.9 Å². The summed E-state index contributed by atoms with van der Waals surface area (Å²) in [4.78, 5) is 22.3. The summed E-state index contributed by atoms with van der Waals surface area (Å²) in [6.07, 6.45) is 2.55. The maximum absolute atomic E-state index is 11.8. The van der Waals surface area contributed by atoms with Crippen LogP contribution in [0, 0.1) is 11.3 Å². The molecule has 1 heterocycles. The van der Waals surface area contributed by atoms with E-state index in [0.29, 0.717) is 13.0 Å². The molecule has 1 rings (SSSR count). The Morgan fingerprint density at radius 2 is 2.11 bits per heavy atom. The molecule has 1 saturated heterocycles. The minimum atomic E-state index is -0.760. The maximum Gasteiger partial charge on any atom is 0.303 e. The normalized spacial score (nSPS) is 19.8. The minimum absolute atomic E-state index is 0.0421. The summed E-state index contributed by atoms with van der Waals surface area (Å²) in [6, 6.07) is 0. The molecule has 104 valence electrons. The third kappa shape index (κ3) is 5.49. The first-order chi connectivity index (χ1) is 8.41. The van der Waals surface area contributed by atoms with Crippen molar-refractivity contribution in [1.82, 2.24) is 10.6 Å². The van der Waals surface area contributed by atoms with Crippen LogP contribution in [0.3, 0.4) is 0 Å². The molecule has 0 aromatic heterocycles. The van der Waals surface area contributed by atoms with Crippen LogP contribution in [-0.4, -0.2) is 36.6 Å². The molecule has 3 N–H and O–H groups in total. The number of hydrogen-bond acceptors (Lipinski definition) is 3. The van der Waals surface area contributed by atoms with Crippen LogP contribution in [0.25, 0.3) is 0 Å². The summed E-state index contributed by atoms with van der Waals surface area (Å²) >= 11 is 0. The first-order valence-corrected chi connectivity index (χ1v) is 6.61. The highest BCUT2D eigenvalue weighted by atomic mass is 16.4. The SMILES string of the molecule is CC(C)(CCNC(=O)C1CCNC1)CCC(=O)O. The predicted molar refractivity (Wildman–Crippen MR) is 69.3 cm³/mol. The molecule has 1 atom stereocenters. The second kappa shape index (κ2) is 6.73. The van der Waals surface area contributed by atoms with Crippen LogP contribution in [0.2, 0.25) is 0 Å². The van der Waals surface area contributed by atoms with Gasteiger partial charge in [0, 0.05) is 19.5 Å². The van der Waals surface area contributed by atoms with E-state index in [1.54, 1.807) is 0 Å². The zero-order valence-corrected chi connectivity index (χ0v) is 11.3. The van der Waals surface area contributed by atoms with Crippen molar-refractivity contribution < 1.29 is 14.7 Å². The van der Waals surface area contributed by atoms with Gasteiger partial charge < -0.3 is 15.7 Å². The van der Waals surface area contributed by atoms with Gasteiger partial charge in [-0.3, -0.25) is 9.59 Å². The topological polar surface area (TPSA) is 78.4 Å². The van der Waals surface area contributed by atoms with Crippen molar-refractivity contribution in [2.45, 2.75) is 39.5 Å². The van der Waals surface area contributed by atoms with Crippen molar-refractivity contribution in [2.75, 3.05) is 19.6 Å². The Bertz CT molecular complexity index is 297. The van der Waals surface area contributed by atoms with Crippen LogP contribution in [-0.2, 0) is 9.59 Å². The summed E-state index contributed by atoms with van der Waals surface area (Å²) in [5.41, 5.74) is -0.0421. The summed E-state index contributed by atoms with van der Waals surface area (Å²) in [5.74, 6) is -0.537. The number of amides is 1. The number of carboxylic acids is 1. The Morgan fingerprint density at radius 1 is 1.39 bits per heavy atom. The molecular weight excluding hydrogens is 232 g/mol. The first kappa shape index (κ1) is 15.0. The molecule has 0 aromatic rings. The van der Waals surface area contributed by atoms with E-state index in [9.17, 15) is 9.59 Å². The number of hydrogen-bond donors (Lipinski definition) is 3. The molecule has 0 aliphatic carbocycles. The van der Waals surface area contributed by atoms with E-state index in [4.69, 9.17) is 5.11 Å². The molecule has 1 unspecified atom stereocenters. The van der Waals surface area contributed by atoms with E-state index in [-0.39, 0.29) is 23.7 Å². The Kier molecular flexibility index (Phi) is 5.59. The zero-order chi connectivity index (χ0) is 13.6. The van der Waals surface area contributed by atoms with E-state index in [1.807, 2.05) is 13.8 Å². The Labute approximate surface area is 108 Å². The van der Waals surface area contributed by atoms with Gasteiger partial charge in [0.15, 0.2) is 0 Å². The van der Waals surface area contributed by atoms with E-state index in [1.165, 1.54) is 0 Å². The average molecular weight is 256 g/mol. The predicted octanol–water partition coefficient (Wildman–Crippen LogP) is 0.993. The summed E-state index contributed by atoms with van der Waals surface area (Å²) < 4.78 is 0. The van der Waals surface area contributed by atoms with Gasteiger partial charge in [0.1, 0.15) is 0 Å². The van der Waals surface area contributed by atoms with Crippen LogP contribution in [0.4, 0.5) is 0 Å². The van der Waals surface area contributed by atoms with Gasteiger partial charge in [-0.2, -0.15) is 0 Å². The fourth-order valence-electron chi connectivity index (χ4n) is 2.12. The third-order valence-corrected chi connectivity index (χ3v) is 3.55. The van der Waals surface area contributed by atoms with Crippen molar-refractivity contribution in [3.63, 3.8) is 0 Å². The summed E-state index contributed by atoms with van der Waals surface area (Å²) in [7, 11) is 0. The van der Waals surface area contributed by atoms with Gasteiger partial charge in [0.25, 0.3) is 0 Å². The molecule has 1 fully saturated rings. The van der Waals surface area contributed by atoms with Crippen molar-refractivity contribution in [3.05, 3.63) is 0 Å².